The van der Waals surface area contributed by atoms with Crippen molar-refractivity contribution in [2.45, 2.75) is 5.92 Å². The maximum Gasteiger partial charge on any atom is 0.407 e. The molecule has 0 bridgehead atoms. The van der Waals surface area contributed by atoms with Gasteiger partial charge < -0.3 is 15.3 Å². The number of rotatable bonds is 4. The Labute approximate surface area is 169 Å². The molecule has 146 valence electrons. The summed E-state index contributed by atoms with van der Waals surface area (Å²) >= 11 is 0. The van der Waals surface area contributed by atoms with Crippen molar-refractivity contribution in [3.8, 4) is 11.1 Å². The van der Waals surface area contributed by atoms with Crippen LogP contribution in [0, 0.1) is 5.92 Å². The third-order valence-corrected chi connectivity index (χ3v) is 5.39. The summed E-state index contributed by atoms with van der Waals surface area (Å²) < 4.78 is 0. The molecule has 1 aliphatic heterocycles. The first-order chi connectivity index (χ1) is 14.1. The highest BCUT2D eigenvalue weighted by Crippen LogP contribution is 2.34. The lowest BCUT2D eigenvalue weighted by atomic mass is 9.88. The largest absolute Gasteiger partial charge is 0.465 e. The lowest BCUT2D eigenvalue weighted by Crippen LogP contribution is -2.30. The van der Waals surface area contributed by atoms with Gasteiger partial charge in [-0.2, -0.15) is 0 Å². The molecular weight excluding hydrogens is 364 g/mol. The first-order valence-corrected chi connectivity index (χ1v) is 9.61. The van der Waals surface area contributed by atoms with Crippen LogP contribution in [0.3, 0.4) is 0 Å². The fourth-order valence-corrected chi connectivity index (χ4v) is 3.91. The number of anilines is 1. The number of likely N-dealkylation sites (tertiary alicyclic amines) is 1. The van der Waals surface area contributed by atoms with E-state index in [1.54, 1.807) is 0 Å². The van der Waals surface area contributed by atoms with Crippen molar-refractivity contribution in [1.82, 2.24) is 4.90 Å². The molecule has 5 nitrogen and oxygen atoms in total. The molecular formula is C24H22N2O3. The minimum atomic E-state index is -0.993. The Morgan fingerprint density at radius 3 is 2.17 bits per heavy atom. The average molecular weight is 386 g/mol. The highest BCUT2D eigenvalue weighted by atomic mass is 16.4. The van der Waals surface area contributed by atoms with Crippen molar-refractivity contribution >= 4 is 17.7 Å². The van der Waals surface area contributed by atoms with E-state index in [2.05, 4.69) is 5.32 Å². The molecule has 2 amide bonds. The normalized spacial score (nSPS) is 18.4. The molecule has 0 spiro atoms. The first-order valence-electron chi connectivity index (χ1n) is 9.61. The number of nitrogens with zero attached hydrogens (tertiary/aromatic N) is 1. The highest BCUT2D eigenvalue weighted by molar-refractivity contribution is 5.94. The van der Waals surface area contributed by atoms with E-state index >= 15 is 0 Å². The van der Waals surface area contributed by atoms with Gasteiger partial charge >= 0.3 is 6.09 Å². The SMILES string of the molecule is O=C(Nc1cccc(-c2ccccc2)c1)[C@@H]1CN(C(=O)O)C[C@H]1c1ccccc1. The molecule has 0 saturated carbocycles. The summed E-state index contributed by atoms with van der Waals surface area (Å²) in [6.07, 6.45) is -0.993. The zero-order valence-electron chi connectivity index (χ0n) is 15.9. The number of nitrogens with one attached hydrogen (secondary N) is 1. The summed E-state index contributed by atoms with van der Waals surface area (Å²) in [5.74, 6) is -0.758. The number of benzene rings is 3. The Morgan fingerprint density at radius 2 is 1.48 bits per heavy atom. The number of carbonyl (C=O) groups excluding carboxylic acids is 1. The lowest BCUT2D eigenvalue weighted by Gasteiger charge is -2.18. The summed E-state index contributed by atoms with van der Waals surface area (Å²) in [6, 6.07) is 27.3. The van der Waals surface area contributed by atoms with Gasteiger partial charge in [0.05, 0.1) is 5.92 Å². The van der Waals surface area contributed by atoms with Crippen LogP contribution in [0.15, 0.2) is 84.9 Å². The van der Waals surface area contributed by atoms with Crippen LogP contribution >= 0.6 is 0 Å². The van der Waals surface area contributed by atoms with Gasteiger partial charge in [-0.25, -0.2) is 4.79 Å². The number of carboxylic acid groups (broad SMARTS) is 1. The number of hydrogen-bond donors (Lipinski definition) is 2. The summed E-state index contributed by atoms with van der Waals surface area (Å²) in [7, 11) is 0. The van der Waals surface area contributed by atoms with E-state index in [0.29, 0.717) is 12.2 Å². The number of amides is 2. The van der Waals surface area contributed by atoms with E-state index in [-0.39, 0.29) is 18.4 Å². The summed E-state index contributed by atoms with van der Waals surface area (Å²) in [4.78, 5) is 25.9. The third kappa shape index (κ3) is 4.14. The van der Waals surface area contributed by atoms with Crippen molar-refractivity contribution in [3.63, 3.8) is 0 Å². The van der Waals surface area contributed by atoms with Gasteiger partial charge in [0, 0.05) is 24.7 Å². The average Bonchev–Trinajstić information content (AvgIpc) is 3.21. The number of hydrogen-bond acceptors (Lipinski definition) is 2. The minimum Gasteiger partial charge on any atom is -0.465 e. The molecule has 3 aromatic rings. The smallest absolute Gasteiger partial charge is 0.407 e. The van der Waals surface area contributed by atoms with E-state index < -0.39 is 12.0 Å². The molecule has 1 fully saturated rings. The van der Waals surface area contributed by atoms with Crippen molar-refractivity contribution < 1.29 is 14.7 Å². The molecule has 1 heterocycles. The minimum absolute atomic E-state index is 0.159. The van der Waals surface area contributed by atoms with Crippen LogP contribution in [-0.4, -0.2) is 35.1 Å². The molecule has 29 heavy (non-hydrogen) atoms. The number of carbonyl (C=O) groups is 2. The molecule has 3 aromatic carbocycles. The second-order valence-electron chi connectivity index (χ2n) is 7.25. The summed E-state index contributed by atoms with van der Waals surface area (Å²) in [6.45, 7) is 0.514. The van der Waals surface area contributed by atoms with Gasteiger partial charge in [0.25, 0.3) is 0 Å². The molecule has 5 heteroatoms. The zero-order chi connectivity index (χ0) is 20.2. The molecule has 0 aliphatic carbocycles. The Bertz CT molecular complexity index is 1000. The predicted molar refractivity (Wildman–Crippen MR) is 113 cm³/mol. The predicted octanol–water partition coefficient (Wildman–Crippen LogP) is 4.69. The van der Waals surface area contributed by atoms with Crippen LogP contribution in [0.4, 0.5) is 10.5 Å². The fraction of sp³-hybridized carbons (Fsp3) is 0.167. The van der Waals surface area contributed by atoms with Gasteiger partial charge in [0.15, 0.2) is 0 Å². The highest BCUT2D eigenvalue weighted by Gasteiger charge is 2.40. The Hall–Kier alpha value is -3.60. The third-order valence-electron chi connectivity index (χ3n) is 5.39. The molecule has 0 radical (unpaired) electrons. The van der Waals surface area contributed by atoms with E-state index in [1.165, 1.54) is 4.90 Å². The van der Waals surface area contributed by atoms with Crippen molar-refractivity contribution in [2.75, 3.05) is 18.4 Å². The van der Waals surface area contributed by atoms with Crippen molar-refractivity contribution in [1.29, 1.82) is 0 Å². The van der Waals surface area contributed by atoms with E-state index in [1.807, 2.05) is 84.9 Å². The Kier molecular flexibility index (Phi) is 5.29. The van der Waals surface area contributed by atoms with Gasteiger partial charge in [-0.3, -0.25) is 4.79 Å². The van der Waals surface area contributed by atoms with Crippen LogP contribution in [0.5, 0.6) is 0 Å². The fourth-order valence-electron chi connectivity index (χ4n) is 3.91. The van der Waals surface area contributed by atoms with E-state index in [4.69, 9.17) is 0 Å². The van der Waals surface area contributed by atoms with Gasteiger partial charge in [0.2, 0.25) is 5.91 Å². The molecule has 1 saturated heterocycles. The Morgan fingerprint density at radius 1 is 0.828 bits per heavy atom. The van der Waals surface area contributed by atoms with Crippen LogP contribution < -0.4 is 5.32 Å². The Balaban J connectivity index is 1.56. The van der Waals surface area contributed by atoms with Crippen molar-refractivity contribution in [3.05, 3.63) is 90.5 Å². The van der Waals surface area contributed by atoms with Gasteiger partial charge in [-0.05, 0) is 28.8 Å². The quantitative estimate of drug-likeness (QED) is 0.684. The van der Waals surface area contributed by atoms with Gasteiger partial charge in [-0.15, -0.1) is 0 Å². The van der Waals surface area contributed by atoms with Crippen molar-refractivity contribution in [2.24, 2.45) is 5.92 Å². The molecule has 1 aliphatic rings. The topological polar surface area (TPSA) is 69.6 Å². The maximum absolute atomic E-state index is 13.1. The standard InChI is InChI=1S/C24H22N2O3/c27-23(25-20-13-7-12-19(14-20)17-8-3-1-4-9-17)22-16-26(24(28)29)15-21(22)18-10-5-2-6-11-18/h1-14,21-22H,15-16H2,(H,25,27)(H,28,29)/t21-,22+/m0/s1. The van der Waals surface area contributed by atoms with Crippen LogP contribution in [-0.2, 0) is 4.79 Å². The monoisotopic (exact) mass is 386 g/mol. The van der Waals surface area contributed by atoms with Gasteiger partial charge in [-0.1, -0.05) is 72.8 Å². The summed E-state index contributed by atoms with van der Waals surface area (Å²) in [5, 5.41) is 12.4. The van der Waals surface area contributed by atoms with Crippen LogP contribution in [0.1, 0.15) is 11.5 Å². The van der Waals surface area contributed by atoms with Crippen LogP contribution in [0.25, 0.3) is 11.1 Å². The second-order valence-corrected chi connectivity index (χ2v) is 7.25. The van der Waals surface area contributed by atoms with Gasteiger partial charge in [0.1, 0.15) is 0 Å². The summed E-state index contributed by atoms with van der Waals surface area (Å²) in [5.41, 5.74) is 3.77. The first kappa shape index (κ1) is 18.7. The lowest BCUT2D eigenvalue weighted by molar-refractivity contribution is -0.119. The maximum atomic E-state index is 13.1. The second kappa shape index (κ2) is 8.19. The molecule has 2 atom stereocenters. The zero-order valence-corrected chi connectivity index (χ0v) is 15.9. The van der Waals surface area contributed by atoms with E-state index in [0.717, 1.165) is 16.7 Å². The van der Waals surface area contributed by atoms with E-state index in [9.17, 15) is 14.7 Å². The van der Waals surface area contributed by atoms with Crippen LogP contribution in [0.2, 0.25) is 0 Å². The molecule has 0 aromatic heterocycles. The molecule has 0 unspecified atom stereocenters. The molecule has 2 N–H and O–H groups in total. The molecule has 4 rings (SSSR count).